The van der Waals surface area contributed by atoms with Gasteiger partial charge in [-0.05, 0) is 11.5 Å². The summed E-state index contributed by atoms with van der Waals surface area (Å²) >= 11 is 0.899. The van der Waals surface area contributed by atoms with Crippen LogP contribution in [0.2, 0.25) is 0 Å². The summed E-state index contributed by atoms with van der Waals surface area (Å²) in [5.74, 6) is -2.33. The van der Waals surface area contributed by atoms with Crippen molar-refractivity contribution >= 4 is 47.6 Å². The predicted octanol–water partition coefficient (Wildman–Crippen LogP) is -1.10. The van der Waals surface area contributed by atoms with E-state index in [9.17, 15) is 14.0 Å². The number of halogens is 1. The van der Waals surface area contributed by atoms with Crippen molar-refractivity contribution in [1.82, 2.24) is 5.32 Å². The molecule has 1 aromatic rings. The van der Waals surface area contributed by atoms with E-state index in [0.29, 0.717) is 0 Å². The highest BCUT2D eigenvalue weighted by Gasteiger charge is 2.32. The van der Waals surface area contributed by atoms with Gasteiger partial charge in [0.15, 0.2) is 5.17 Å². The van der Waals surface area contributed by atoms with Crippen LogP contribution in [0.3, 0.4) is 0 Å². The van der Waals surface area contributed by atoms with E-state index in [4.69, 9.17) is 15.2 Å². The largest absolute Gasteiger partial charge is 0.489 e. The van der Waals surface area contributed by atoms with Crippen LogP contribution in [-0.4, -0.2) is 50.8 Å². The SMILES string of the molecule is O=C(O)CC1SC(=NN=Cc2c(F)cccc2B(O)O)NC1=O. The fourth-order valence-corrected chi connectivity index (χ4v) is 2.71. The Morgan fingerprint density at radius 3 is 2.87 bits per heavy atom. The first-order valence-corrected chi connectivity index (χ1v) is 7.21. The molecule has 1 aliphatic rings. The minimum atomic E-state index is -1.87. The fraction of sp³-hybridized carbons (Fsp3) is 0.167. The van der Waals surface area contributed by atoms with Crippen LogP contribution >= 0.6 is 11.8 Å². The summed E-state index contributed by atoms with van der Waals surface area (Å²) in [4.78, 5) is 22.1. The van der Waals surface area contributed by atoms with Gasteiger partial charge in [0.1, 0.15) is 11.1 Å². The number of rotatable bonds is 5. The van der Waals surface area contributed by atoms with Gasteiger partial charge in [0, 0.05) is 5.56 Å². The number of nitrogens with zero attached hydrogens (tertiary/aromatic N) is 2. The molecule has 1 fully saturated rings. The molecule has 1 atom stereocenters. The van der Waals surface area contributed by atoms with Gasteiger partial charge in [0.05, 0.1) is 12.6 Å². The van der Waals surface area contributed by atoms with Crippen molar-refractivity contribution in [2.45, 2.75) is 11.7 Å². The highest BCUT2D eigenvalue weighted by atomic mass is 32.2. The second-order valence-corrected chi connectivity index (χ2v) is 5.65. The third-order valence-corrected chi connectivity index (χ3v) is 3.91. The van der Waals surface area contributed by atoms with Crippen molar-refractivity contribution in [3.8, 4) is 0 Å². The standard InChI is InChI=1S/C12H11BFN3O5S/c14-8-3-1-2-7(13(21)22)6(8)5-15-17-12-16-11(20)9(23-12)4-10(18)19/h1-3,5,9,21-22H,4H2,(H,18,19)(H,16,17,20). The number of nitrogens with one attached hydrogen (secondary N) is 1. The quantitative estimate of drug-likeness (QED) is 0.306. The molecule has 11 heteroatoms. The maximum Gasteiger partial charge on any atom is 0.489 e. The topological polar surface area (TPSA) is 132 Å². The summed E-state index contributed by atoms with van der Waals surface area (Å²) in [6.45, 7) is 0. The Morgan fingerprint density at radius 2 is 2.22 bits per heavy atom. The van der Waals surface area contributed by atoms with Crippen LogP contribution in [0.25, 0.3) is 0 Å². The molecule has 0 radical (unpaired) electrons. The fourth-order valence-electron chi connectivity index (χ4n) is 1.80. The van der Waals surface area contributed by atoms with Crippen molar-refractivity contribution < 1.29 is 29.1 Å². The lowest BCUT2D eigenvalue weighted by Gasteiger charge is -2.04. The van der Waals surface area contributed by atoms with Crippen LogP contribution in [-0.2, 0) is 9.59 Å². The molecule has 23 heavy (non-hydrogen) atoms. The zero-order chi connectivity index (χ0) is 17.0. The molecule has 120 valence electrons. The third-order valence-electron chi connectivity index (χ3n) is 2.84. The minimum absolute atomic E-state index is 0.0826. The Labute approximate surface area is 134 Å². The van der Waals surface area contributed by atoms with Gasteiger partial charge in [0.2, 0.25) is 5.91 Å². The minimum Gasteiger partial charge on any atom is -0.481 e. The molecular formula is C12H11BFN3O5S. The maximum atomic E-state index is 13.7. The molecular weight excluding hydrogens is 328 g/mol. The Morgan fingerprint density at radius 1 is 1.48 bits per heavy atom. The van der Waals surface area contributed by atoms with Crippen LogP contribution in [0.1, 0.15) is 12.0 Å². The van der Waals surface area contributed by atoms with Crippen molar-refractivity contribution in [2.24, 2.45) is 10.2 Å². The van der Waals surface area contributed by atoms with E-state index in [1.807, 2.05) is 0 Å². The molecule has 1 aromatic carbocycles. The van der Waals surface area contributed by atoms with E-state index < -0.39 is 30.1 Å². The number of hydrogen-bond donors (Lipinski definition) is 4. The van der Waals surface area contributed by atoms with Gasteiger partial charge in [-0.25, -0.2) is 4.39 Å². The first kappa shape index (κ1) is 17.1. The van der Waals surface area contributed by atoms with E-state index in [1.165, 1.54) is 12.1 Å². The number of amidine groups is 1. The number of carboxylic acid groups (broad SMARTS) is 1. The second kappa shape index (κ2) is 7.35. The highest BCUT2D eigenvalue weighted by molar-refractivity contribution is 8.15. The number of carbonyl (C=O) groups excluding carboxylic acids is 1. The Kier molecular flexibility index (Phi) is 5.47. The molecule has 0 spiro atoms. The summed E-state index contributed by atoms with van der Waals surface area (Å²) in [7, 11) is -1.87. The first-order valence-electron chi connectivity index (χ1n) is 6.33. The Balaban J connectivity index is 2.14. The molecule has 0 bridgehead atoms. The average Bonchev–Trinajstić information content (AvgIpc) is 2.79. The smallest absolute Gasteiger partial charge is 0.481 e. The maximum absolute atomic E-state index is 13.7. The zero-order valence-corrected chi connectivity index (χ0v) is 12.3. The molecule has 1 saturated heterocycles. The van der Waals surface area contributed by atoms with Crippen molar-refractivity contribution in [3.05, 3.63) is 29.6 Å². The summed E-state index contributed by atoms with van der Waals surface area (Å²) < 4.78 is 13.7. The Bertz CT molecular complexity index is 697. The zero-order valence-electron chi connectivity index (χ0n) is 11.5. The van der Waals surface area contributed by atoms with Crippen LogP contribution in [0.4, 0.5) is 4.39 Å². The highest BCUT2D eigenvalue weighted by Crippen LogP contribution is 2.22. The van der Waals surface area contributed by atoms with Gasteiger partial charge in [0.25, 0.3) is 0 Å². The second-order valence-electron chi connectivity index (χ2n) is 4.46. The number of benzene rings is 1. The number of amides is 1. The van der Waals surface area contributed by atoms with Crippen molar-refractivity contribution in [3.63, 3.8) is 0 Å². The molecule has 1 heterocycles. The molecule has 1 unspecified atom stereocenters. The van der Waals surface area contributed by atoms with E-state index in [2.05, 4.69) is 15.5 Å². The molecule has 8 nitrogen and oxygen atoms in total. The molecule has 0 aromatic heterocycles. The molecule has 0 aliphatic carbocycles. The number of aliphatic carboxylic acids is 1. The van der Waals surface area contributed by atoms with Gasteiger partial charge >= 0.3 is 13.1 Å². The normalized spacial score (nSPS) is 19.3. The lowest BCUT2D eigenvalue weighted by Crippen LogP contribution is -2.33. The predicted molar refractivity (Wildman–Crippen MR) is 83.0 cm³/mol. The van der Waals surface area contributed by atoms with E-state index in [-0.39, 0.29) is 22.6 Å². The van der Waals surface area contributed by atoms with Crippen LogP contribution in [0, 0.1) is 5.82 Å². The number of carbonyl (C=O) groups is 2. The Hall–Kier alpha value is -2.24. The van der Waals surface area contributed by atoms with Crippen molar-refractivity contribution in [2.75, 3.05) is 0 Å². The summed E-state index contributed by atoms with van der Waals surface area (Å²) in [6.07, 6.45) is 0.627. The molecule has 2 rings (SSSR count). The third kappa shape index (κ3) is 4.37. The first-order chi connectivity index (χ1) is 10.9. The number of thioether (sulfide) groups is 1. The lowest BCUT2D eigenvalue weighted by atomic mass is 9.77. The molecule has 1 aliphatic heterocycles. The van der Waals surface area contributed by atoms with Crippen LogP contribution in [0.15, 0.2) is 28.4 Å². The van der Waals surface area contributed by atoms with Gasteiger partial charge in [-0.15, -0.1) is 5.10 Å². The van der Waals surface area contributed by atoms with Gasteiger partial charge in [-0.3, -0.25) is 9.59 Å². The van der Waals surface area contributed by atoms with Gasteiger partial charge < -0.3 is 20.5 Å². The van der Waals surface area contributed by atoms with Crippen LogP contribution in [0.5, 0.6) is 0 Å². The molecule has 0 saturated carbocycles. The van der Waals surface area contributed by atoms with E-state index >= 15 is 0 Å². The summed E-state index contributed by atoms with van der Waals surface area (Å²) in [5.41, 5.74) is -0.232. The van der Waals surface area contributed by atoms with Gasteiger partial charge in [-0.1, -0.05) is 23.9 Å². The average molecular weight is 339 g/mol. The van der Waals surface area contributed by atoms with E-state index in [1.54, 1.807) is 0 Å². The van der Waals surface area contributed by atoms with Gasteiger partial charge in [-0.2, -0.15) is 5.10 Å². The van der Waals surface area contributed by atoms with Crippen molar-refractivity contribution in [1.29, 1.82) is 0 Å². The van der Waals surface area contributed by atoms with Crippen LogP contribution < -0.4 is 10.8 Å². The molecule has 1 amide bonds. The lowest BCUT2D eigenvalue weighted by molar-refractivity contribution is -0.138. The monoisotopic (exact) mass is 339 g/mol. The number of hydrogen-bond acceptors (Lipinski definition) is 7. The number of carboxylic acids is 1. The summed E-state index contributed by atoms with van der Waals surface area (Å²) in [5, 5.41) is 35.9. The van der Waals surface area contributed by atoms with E-state index in [0.717, 1.165) is 24.0 Å². The molecule has 4 N–H and O–H groups in total. The summed E-state index contributed by atoms with van der Waals surface area (Å²) in [6, 6.07) is 3.75.